The number of aryl methyl sites for hydroxylation is 1. The molecule has 1 amide bonds. The van der Waals surface area contributed by atoms with E-state index in [4.69, 9.17) is 11.6 Å². The number of rotatable bonds is 9. The predicted molar refractivity (Wildman–Crippen MR) is 109 cm³/mol. The van der Waals surface area contributed by atoms with Gasteiger partial charge >= 0.3 is 10.2 Å². The van der Waals surface area contributed by atoms with Crippen LogP contribution in [-0.2, 0) is 21.4 Å². The second-order valence-corrected chi connectivity index (χ2v) is 8.77. The summed E-state index contributed by atoms with van der Waals surface area (Å²) in [7, 11) is -1.39. The Morgan fingerprint density at radius 2 is 1.75 bits per heavy atom. The standard InChI is InChI=1S/C19H23ClFN3O3S/c1-23(2)28(26,27)24(18-12-6-5-11-17(18)21)14-19(25)22-13-7-9-15-8-3-4-10-16(15)20/h3-6,8,10-12H,7,9,13-14H2,1-2H3,(H,22,25). The predicted octanol–water partition coefficient (Wildman–Crippen LogP) is 2.84. The van der Waals surface area contributed by atoms with Crippen molar-refractivity contribution < 1.29 is 17.6 Å². The molecule has 2 aromatic rings. The van der Waals surface area contributed by atoms with Crippen molar-refractivity contribution in [3.05, 3.63) is 64.9 Å². The Balaban J connectivity index is 2.01. The van der Waals surface area contributed by atoms with Gasteiger partial charge in [-0.2, -0.15) is 12.7 Å². The molecule has 152 valence electrons. The Hall–Kier alpha value is -2.16. The van der Waals surface area contributed by atoms with Gasteiger partial charge in [0, 0.05) is 25.7 Å². The largest absolute Gasteiger partial charge is 0.355 e. The maximum absolute atomic E-state index is 14.1. The van der Waals surface area contributed by atoms with Crippen LogP contribution in [0.15, 0.2) is 48.5 Å². The van der Waals surface area contributed by atoms with Gasteiger partial charge in [0.15, 0.2) is 0 Å². The molecule has 0 heterocycles. The fraction of sp³-hybridized carbons (Fsp3) is 0.316. The number of nitrogens with zero attached hydrogens (tertiary/aromatic N) is 2. The second kappa shape index (κ2) is 9.86. The van der Waals surface area contributed by atoms with E-state index >= 15 is 0 Å². The fourth-order valence-corrected chi connectivity index (χ4v) is 3.84. The molecule has 2 rings (SSSR count). The topological polar surface area (TPSA) is 69.7 Å². The van der Waals surface area contributed by atoms with E-state index in [1.165, 1.54) is 32.3 Å². The highest BCUT2D eigenvalue weighted by Gasteiger charge is 2.29. The normalized spacial score (nSPS) is 11.5. The van der Waals surface area contributed by atoms with Crippen molar-refractivity contribution in [1.82, 2.24) is 9.62 Å². The van der Waals surface area contributed by atoms with E-state index in [2.05, 4.69) is 5.32 Å². The van der Waals surface area contributed by atoms with E-state index < -0.39 is 28.5 Å². The van der Waals surface area contributed by atoms with Gasteiger partial charge in [-0.25, -0.2) is 8.70 Å². The molecule has 0 aliphatic heterocycles. The van der Waals surface area contributed by atoms with Gasteiger partial charge in [-0.05, 0) is 36.6 Å². The molecule has 0 aliphatic rings. The number of carbonyl (C=O) groups excluding carboxylic acids is 1. The maximum Gasteiger partial charge on any atom is 0.304 e. The van der Waals surface area contributed by atoms with Crippen molar-refractivity contribution in [3.8, 4) is 0 Å². The number of nitrogens with one attached hydrogen (secondary N) is 1. The third-order valence-electron chi connectivity index (χ3n) is 4.05. The van der Waals surface area contributed by atoms with E-state index in [1.54, 1.807) is 6.07 Å². The van der Waals surface area contributed by atoms with Crippen LogP contribution in [0.1, 0.15) is 12.0 Å². The summed E-state index contributed by atoms with van der Waals surface area (Å²) in [5.41, 5.74) is 0.795. The average molecular weight is 428 g/mol. The lowest BCUT2D eigenvalue weighted by molar-refractivity contribution is -0.119. The Bertz CT molecular complexity index is 922. The minimum atomic E-state index is -4.04. The van der Waals surface area contributed by atoms with Crippen molar-refractivity contribution >= 4 is 33.4 Å². The van der Waals surface area contributed by atoms with Crippen LogP contribution >= 0.6 is 11.6 Å². The highest BCUT2D eigenvalue weighted by atomic mass is 35.5. The Kier molecular flexibility index (Phi) is 7.79. The summed E-state index contributed by atoms with van der Waals surface area (Å²) in [6.45, 7) is -0.176. The molecule has 28 heavy (non-hydrogen) atoms. The zero-order valence-electron chi connectivity index (χ0n) is 15.7. The molecule has 2 aromatic carbocycles. The number of amides is 1. The molecule has 6 nitrogen and oxygen atoms in total. The van der Waals surface area contributed by atoms with E-state index in [1.807, 2.05) is 18.2 Å². The van der Waals surface area contributed by atoms with Gasteiger partial charge in [0.1, 0.15) is 12.4 Å². The van der Waals surface area contributed by atoms with Gasteiger partial charge in [-0.1, -0.05) is 41.9 Å². The minimum absolute atomic E-state index is 0.178. The lowest BCUT2D eigenvalue weighted by atomic mass is 10.1. The van der Waals surface area contributed by atoms with E-state index in [-0.39, 0.29) is 5.69 Å². The molecule has 0 fully saturated rings. The molecule has 0 atom stereocenters. The lowest BCUT2D eigenvalue weighted by Crippen LogP contribution is -2.46. The molecule has 0 radical (unpaired) electrons. The monoisotopic (exact) mass is 427 g/mol. The average Bonchev–Trinajstić information content (AvgIpc) is 2.65. The van der Waals surface area contributed by atoms with Crippen LogP contribution in [0.5, 0.6) is 0 Å². The van der Waals surface area contributed by atoms with E-state index in [9.17, 15) is 17.6 Å². The summed E-state index contributed by atoms with van der Waals surface area (Å²) in [5.74, 6) is -1.24. The summed E-state index contributed by atoms with van der Waals surface area (Å²) in [5, 5.41) is 3.34. The smallest absolute Gasteiger partial charge is 0.304 e. The van der Waals surface area contributed by atoms with E-state index in [0.717, 1.165) is 20.2 Å². The van der Waals surface area contributed by atoms with E-state index in [0.29, 0.717) is 24.4 Å². The molecular formula is C19H23ClFN3O3S. The van der Waals surface area contributed by atoms with Crippen LogP contribution in [0.25, 0.3) is 0 Å². The zero-order chi connectivity index (χ0) is 20.7. The van der Waals surface area contributed by atoms with Crippen LogP contribution in [-0.4, -0.2) is 45.8 Å². The van der Waals surface area contributed by atoms with Crippen LogP contribution in [0.3, 0.4) is 0 Å². The third kappa shape index (κ3) is 5.67. The zero-order valence-corrected chi connectivity index (χ0v) is 17.3. The molecule has 0 spiro atoms. The number of halogens is 2. The van der Waals surface area contributed by atoms with Gasteiger partial charge in [-0.15, -0.1) is 0 Å². The Labute approximate surface area is 170 Å². The van der Waals surface area contributed by atoms with Crippen molar-refractivity contribution in [2.24, 2.45) is 0 Å². The van der Waals surface area contributed by atoms with Gasteiger partial charge in [0.25, 0.3) is 0 Å². The lowest BCUT2D eigenvalue weighted by Gasteiger charge is -2.27. The Morgan fingerprint density at radius 3 is 2.39 bits per heavy atom. The van der Waals surface area contributed by atoms with Crippen LogP contribution in [0, 0.1) is 5.82 Å². The SMILES string of the molecule is CN(C)S(=O)(=O)N(CC(=O)NCCCc1ccccc1Cl)c1ccccc1F. The molecule has 0 saturated carbocycles. The molecule has 1 N–H and O–H groups in total. The number of para-hydroxylation sites is 1. The molecule has 0 bridgehead atoms. The third-order valence-corrected chi connectivity index (χ3v) is 6.23. The van der Waals surface area contributed by atoms with Gasteiger partial charge in [0.2, 0.25) is 5.91 Å². The molecule has 0 aliphatic carbocycles. The molecule has 9 heteroatoms. The number of carbonyl (C=O) groups is 1. The first-order chi connectivity index (χ1) is 13.2. The Morgan fingerprint density at radius 1 is 1.11 bits per heavy atom. The van der Waals surface area contributed by atoms with Crippen LogP contribution in [0.4, 0.5) is 10.1 Å². The second-order valence-electron chi connectivity index (χ2n) is 6.29. The van der Waals surface area contributed by atoms with Gasteiger partial charge in [0.05, 0.1) is 5.69 Å². The molecule has 0 aromatic heterocycles. The number of benzene rings is 2. The molecular weight excluding hydrogens is 405 g/mol. The first-order valence-corrected chi connectivity index (χ1v) is 10.5. The first kappa shape index (κ1) is 22.1. The number of hydrogen-bond acceptors (Lipinski definition) is 3. The quantitative estimate of drug-likeness (QED) is 0.625. The van der Waals surface area contributed by atoms with Crippen molar-refractivity contribution in [3.63, 3.8) is 0 Å². The molecule has 0 saturated heterocycles. The first-order valence-electron chi connectivity index (χ1n) is 8.68. The van der Waals surface area contributed by atoms with Crippen LogP contribution < -0.4 is 9.62 Å². The number of hydrogen-bond donors (Lipinski definition) is 1. The highest BCUT2D eigenvalue weighted by molar-refractivity contribution is 7.90. The summed E-state index contributed by atoms with van der Waals surface area (Å²) in [4.78, 5) is 12.3. The minimum Gasteiger partial charge on any atom is -0.355 e. The summed E-state index contributed by atoms with van der Waals surface area (Å²) >= 11 is 6.10. The molecule has 0 unspecified atom stereocenters. The summed E-state index contributed by atoms with van der Waals surface area (Å²) in [6, 6.07) is 12.9. The van der Waals surface area contributed by atoms with Gasteiger partial charge < -0.3 is 5.32 Å². The van der Waals surface area contributed by atoms with Gasteiger partial charge in [-0.3, -0.25) is 4.79 Å². The number of anilines is 1. The van der Waals surface area contributed by atoms with Crippen molar-refractivity contribution in [2.45, 2.75) is 12.8 Å². The van der Waals surface area contributed by atoms with Crippen LogP contribution in [0.2, 0.25) is 5.02 Å². The van der Waals surface area contributed by atoms with Crippen molar-refractivity contribution in [1.29, 1.82) is 0 Å². The summed E-state index contributed by atoms with van der Waals surface area (Å²) < 4.78 is 41.0. The summed E-state index contributed by atoms with van der Waals surface area (Å²) in [6.07, 6.45) is 1.31. The fourth-order valence-electron chi connectivity index (χ4n) is 2.54. The maximum atomic E-state index is 14.1. The van der Waals surface area contributed by atoms with Crippen molar-refractivity contribution in [2.75, 3.05) is 31.5 Å². The highest BCUT2D eigenvalue weighted by Crippen LogP contribution is 2.22.